The van der Waals surface area contributed by atoms with Gasteiger partial charge in [0, 0.05) is 22.2 Å². The third kappa shape index (κ3) is 2.28. The monoisotopic (exact) mass is 316 g/mol. The van der Waals surface area contributed by atoms with Crippen LogP contribution in [0.1, 0.15) is 6.42 Å². The second-order valence-corrected chi connectivity index (χ2v) is 4.48. The summed E-state index contributed by atoms with van der Waals surface area (Å²) in [6, 6.07) is 7.28. The minimum atomic E-state index is -0.340. The van der Waals surface area contributed by atoms with Gasteiger partial charge >= 0.3 is 6.03 Å². The minimum absolute atomic E-state index is 0.207. The van der Waals surface area contributed by atoms with E-state index < -0.39 is 0 Å². The lowest BCUT2D eigenvalue weighted by Gasteiger charge is -2.26. The van der Waals surface area contributed by atoms with Gasteiger partial charge in [-0.25, -0.2) is 4.79 Å². The molecular weight excluding hydrogens is 307 g/mol. The van der Waals surface area contributed by atoms with Crippen LogP contribution in [0.15, 0.2) is 24.3 Å². The van der Waals surface area contributed by atoms with E-state index in [4.69, 9.17) is 0 Å². The highest BCUT2D eigenvalue weighted by Gasteiger charge is 2.23. The number of halogens is 1. The van der Waals surface area contributed by atoms with Crippen molar-refractivity contribution >= 4 is 40.2 Å². The minimum Gasteiger partial charge on any atom is -0.294 e. The fraction of sp³-hybridized carbons (Fsp3) is 0.200. The third-order valence-corrected chi connectivity index (χ3v) is 2.84. The average Bonchev–Trinajstić information content (AvgIpc) is 2.17. The number of anilines is 1. The van der Waals surface area contributed by atoms with Crippen molar-refractivity contribution in [3.8, 4) is 0 Å². The first kappa shape index (κ1) is 10.4. The van der Waals surface area contributed by atoms with E-state index in [0.29, 0.717) is 13.0 Å². The summed E-state index contributed by atoms with van der Waals surface area (Å²) in [5, 5.41) is 2.29. The van der Waals surface area contributed by atoms with Gasteiger partial charge in [-0.15, -0.1) is 0 Å². The number of imide groups is 1. The Morgan fingerprint density at radius 2 is 2.13 bits per heavy atom. The second-order valence-electron chi connectivity index (χ2n) is 3.23. The molecule has 0 spiro atoms. The molecule has 1 aliphatic rings. The summed E-state index contributed by atoms with van der Waals surface area (Å²) in [7, 11) is 0. The Balaban J connectivity index is 2.24. The smallest absolute Gasteiger partial charge is 0.294 e. The lowest BCUT2D eigenvalue weighted by atomic mass is 10.2. The Morgan fingerprint density at radius 1 is 1.33 bits per heavy atom. The maximum Gasteiger partial charge on any atom is 0.328 e. The zero-order chi connectivity index (χ0) is 10.8. The van der Waals surface area contributed by atoms with Crippen LogP contribution in [0.2, 0.25) is 0 Å². The summed E-state index contributed by atoms with van der Waals surface area (Å²) in [5.74, 6) is -0.207. The number of carbonyl (C=O) groups is 2. The first-order valence-electron chi connectivity index (χ1n) is 4.54. The van der Waals surface area contributed by atoms with Crippen molar-refractivity contribution in [3.05, 3.63) is 27.8 Å². The van der Waals surface area contributed by atoms with Gasteiger partial charge in [0.1, 0.15) is 0 Å². The molecule has 0 radical (unpaired) electrons. The van der Waals surface area contributed by atoms with Gasteiger partial charge in [-0.1, -0.05) is 6.07 Å². The van der Waals surface area contributed by atoms with Crippen LogP contribution in [0, 0.1) is 3.57 Å². The predicted octanol–water partition coefficient (Wildman–Crippen LogP) is 1.74. The largest absolute Gasteiger partial charge is 0.328 e. The lowest BCUT2D eigenvalue weighted by molar-refractivity contribution is -0.120. The highest BCUT2D eigenvalue weighted by Crippen LogP contribution is 2.19. The van der Waals surface area contributed by atoms with Crippen molar-refractivity contribution in [2.75, 3.05) is 11.4 Å². The molecule has 1 fully saturated rings. The maximum atomic E-state index is 11.5. The van der Waals surface area contributed by atoms with Crippen LogP contribution in [-0.2, 0) is 4.79 Å². The maximum absolute atomic E-state index is 11.5. The van der Waals surface area contributed by atoms with Gasteiger partial charge in [-0.2, -0.15) is 0 Å². The van der Waals surface area contributed by atoms with Crippen molar-refractivity contribution < 1.29 is 9.59 Å². The number of amides is 3. The number of carbonyl (C=O) groups excluding carboxylic acids is 2. The van der Waals surface area contributed by atoms with Crippen LogP contribution < -0.4 is 10.2 Å². The van der Waals surface area contributed by atoms with E-state index >= 15 is 0 Å². The van der Waals surface area contributed by atoms with E-state index in [2.05, 4.69) is 27.9 Å². The molecule has 1 aliphatic heterocycles. The zero-order valence-electron chi connectivity index (χ0n) is 7.87. The zero-order valence-corrected chi connectivity index (χ0v) is 10.0. The van der Waals surface area contributed by atoms with Crippen LogP contribution in [0.4, 0.5) is 10.5 Å². The first-order valence-corrected chi connectivity index (χ1v) is 5.61. The van der Waals surface area contributed by atoms with Crippen molar-refractivity contribution in [2.45, 2.75) is 6.42 Å². The molecule has 1 aromatic rings. The molecule has 0 aromatic heterocycles. The molecule has 78 valence electrons. The van der Waals surface area contributed by atoms with Gasteiger partial charge in [0.25, 0.3) is 0 Å². The van der Waals surface area contributed by atoms with Crippen LogP contribution >= 0.6 is 22.6 Å². The summed E-state index contributed by atoms with van der Waals surface area (Å²) in [6.45, 7) is 0.449. The highest BCUT2D eigenvalue weighted by atomic mass is 127. The molecular formula is C10H9IN2O2. The van der Waals surface area contributed by atoms with Crippen LogP contribution in [0.3, 0.4) is 0 Å². The molecule has 0 unspecified atom stereocenters. The molecule has 3 amide bonds. The number of nitrogens with zero attached hydrogens (tertiary/aromatic N) is 1. The number of hydrogen-bond donors (Lipinski definition) is 1. The molecule has 5 heteroatoms. The Kier molecular flexibility index (Phi) is 2.90. The predicted molar refractivity (Wildman–Crippen MR) is 64.7 cm³/mol. The summed E-state index contributed by atoms with van der Waals surface area (Å²) in [5.41, 5.74) is 0.826. The van der Waals surface area contributed by atoms with Crippen LogP contribution in [0.25, 0.3) is 0 Å². The third-order valence-electron chi connectivity index (χ3n) is 2.17. The number of urea groups is 1. The number of hydrogen-bond acceptors (Lipinski definition) is 2. The topological polar surface area (TPSA) is 49.4 Å². The van der Waals surface area contributed by atoms with E-state index in [0.717, 1.165) is 9.26 Å². The van der Waals surface area contributed by atoms with Crippen LogP contribution in [0.5, 0.6) is 0 Å². The molecule has 0 bridgehead atoms. The van der Waals surface area contributed by atoms with Gasteiger partial charge in [0.2, 0.25) is 5.91 Å². The van der Waals surface area contributed by atoms with Crippen molar-refractivity contribution in [2.24, 2.45) is 0 Å². The molecule has 2 rings (SSSR count). The van der Waals surface area contributed by atoms with Crippen molar-refractivity contribution in [3.63, 3.8) is 0 Å². The van der Waals surface area contributed by atoms with E-state index in [-0.39, 0.29) is 11.9 Å². The fourth-order valence-corrected chi connectivity index (χ4v) is 1.98. The second kappa shape index (κ2) is 4.18. The summed E-state index contributed by atoms with van der Waals surface area (Å²) < 4.78 is 1.06. The molecule has 1 N–H and O–H groups in total. The first-order chi connectivity index (χ1) is 7.16. The average molecular weight is 316 g/mol. The SMILES string of the molecule is O=C1CCN(c2cccc(I)c2)C(=O)N1. The van der Waals surface area contributed by atoms with Crippen LogP contribution in [-0.4, -0.2) is 18.5 Å². The number of benzene rings is 1. The van der Waals surface area contributed by atoms with Gasteiger partial charge in [-0.3, -0.25) is 15.0 Å². The molecule has 15 heavy (non-hydrogen) atoms. The molecule has 0 saturated carbocycles. The van der Waals surface area contributed by atoms with Crippen molar-refractivity contribution in [1.82, 2.24) is 5.32 Å². The van der Waals surface area contributed by atoms with Gasteiger partial charge in [0.15, 0.2) is 0 Å². The molecule has 4 nitrogen and oxygen atoms in total. The highest BCUT2D eigenvalue weighted by molar-refractivity contribution is 14.1. The Labute approximate surface area is 101 Å². The molecule has 0 aliphatic carbocycles. The molecule has 0 atom stereocenters. The summed E-state index contributed by atoms with van der Waals surface area (Å²) in [4.78, 5) is 24.0. The van der Waals surface area contributed by atoms with Gasteiger partial charge in [-0.05, 0) is 40.8 Å². The number of nitrogens with one attached hydrogen (secondary N) is 1. The van der Waals surface area contributed by atoms with E-state index in [1.807, 2.05) is 24.3 Å². The quantitative estimate of drug-likeness (QED) is 0.802. The summed E-state index contributed by atoms with van der Waals surface area (Å²) >= 11 is 2.19. The molecule has 1 saturated heterocycles. The number of rotatable bonds is 1. The Morgan fingerprint density at radius 3 is 2.80 bits per heavy atom. The molecule has 1 heterocycles. The van der Waals surface area contributed by atoms with E-state index in [1.54, 1.807) is 4.90 Å². The molecule has 1 aromatic carbocycles. The lowest BCUT2D eigenvalue weighted by Crippen LogP contribution is -2.49. The van der Waals surface area contributed by atoms with Gasteiger partial charge < -0.3 is 0 Å². The Bertz CT molecular complexity index is 420. The summed E-state index contributed by atoms with van der Waals surface area (Å²) in [6.07, 6.45) is 0.358. The van der Waals surface area contributed by atoms with Crippen molar-refractivity contribution in [1.29, 1.82) is 0 Å². The standard InChI is InChI=1S/C10H9IN2O2/c11-7-2-1-3-8(6-7)13-5-4-9(14)12-10(13)15/h1-3,6H,4-5H2,(H,12,14,15). The fourth-order valence-electron chi connectivity index (χ4n) is 1.45. The Hall–Kier alpha value is -1.11. The van der Waals surface area contributed by atoms with Gasteiger partial charge in [0.05, 0.1) is 0 Å². The van der Waals surface area contributed by atoms with E-state index in [9.17, 15) is 9.59 Å². The van der Waals surface area contributed by atoms with E-state index in [1.165, 1.54) is 0 Å². The normalized spacial score (nSPS) is 16.5.